The summed E-state index contributed by atoms with van der Waals surface area (Å²) in [5, 5.41) is 0. The number of halogens is 4. The minimum atomic E-state index is 1.04. The van der Waals surface area contributed by atoms with Gasteiger partial charge in [0.1, 0.15) is 0 Å². The number of fused-ring (bicyclic) bond motifs is 4. The van der Waals surface area contributed by atoms with Gasteiger partial charge in [-0.25, -0.2) is 0 Å². The maximum atomic E-state index is 3.92. The van der Waals surface area contributed by atoms with Gasteiger partial charge in [0.15, 0.2) is 0 Å². The van der Waals surface area contributed by atoms with E-state index < -0.39 is 0 Å². The number of thioether (sulfide) groups is 4. The molecule has 2 heterocycles. The first-order valence-electron chi connectivity index (χ1n) is 13.0. The summed E-state index contributed by atoms with van der Waals surface area (Å²) in [6, 6.07) is 5.09. The molecule has 38 heavy (non-hydrogen) atoms. The number of hydrogen-bond acceptors (Lipinski definition) is 4. The molecule has 0 saturated carbocycles. The predicted octanol–water partition coefficient (Wildman–Crippen LogP) is 12.8. The highest BCUT2D eigenvalue weighted by atomic mass is 79.9. The van der Waals surface area contributed by atoms with Gasteiger partial charge < -0.3 is 0 Å². The Morgan fingerprint density at radius 2 is 0.658 bits per heavy atom. The van der Waals surface area contributed by atoms with Crippen molar-refractivity contribution in [2.45, 2.75) is 96.0 Å². The van der Waals surface area contributed by atoms with Gasteiger partial charge >= 0.3 is 0 Å². The monoisotopic (exact) mass is 834 g/mol. The number of hydrogen-bond donors (Lipinski definition) is 0. The molecule has 3 aromatic rings. The van der Waals surface area contributed by atoms with Gasteiger partial charge in [-0.2, -0.15) is 0 Å². The molecule has 5 rings (SSSR count). The van der Waals surface area contributed by atoms with Crippen LogP contribution in [-0.4, -0.2) is 0 Å². The van der Waals surface area contributed by atoms with Crippen LogP contribution in [0.5, 0.6) is 0 Å². The van der Waals surface area contributed by atoms with Crippen LogP contribution < -0.4 is 0 Å². The van der Waals surface area contributed by atoms with Crippen LogP contribution in [0.4, 0.5) is 0 Å². The first-order valence-corrected chi connectivity index (χ1v) is 20.2. The van der Waals surface area contributed by atoms with Gasteiger partial charge in [-0.15, -0.1) is 47.0 Å². The van der Waals surface area contributed by atoms with Gasteiger partial charge in [-0.05, 0) is 134 Å². The molecule has 202 valence electrons. The van der Waals surface area contributed by atoms with Crippen molar-refractivity contribution in [3.05, 3.63) is 74.5 Å². The zero-order valence-electron chi connectivity index (χ0n) is 22.0. The van der Waals surface area contributed by atoms with Crippen LogP contribution in [0.3, 0.4) is 0 Å². The van der Waals surface area contributed by atoms with E-state index >= 15 is 0 Å². The summed E-state index contributed by atoms with van der Waals surface area (Å²) in [6.07, 6.45) is 4.15. The van der Waals surface area contributed by atoms with Crippen molar-refractivity contribution in [1.29, 1.82) is 0 Å². The molecular formula is C30H30Br4S4. The summed E-state index contributed by atoms with van der Waals surface area (Å²) in [4.78, 5) is 5.93. The van der Waals surface area contributed by atoms with Crippen LogP contribution in [0.25, 0.3) is 0 Å². The van der Waals surface area contributed by atoms with Crippen LogP contribution >= 0.6 is 111 Å². The van der Waals surface area contributed by atoms with Crippen molar-refractivity contribution in [1.82, 2.24) is 0 Å². The third-order valence-electron chi connectivity index (χ3n) is 7.38. The fourth-order valence-electron chi connectivity index (χ4n) is 5.28. The molecule has 0 saturated heterocycles. The summed E-state index contributed by atoms with van der Waals surface area (Å²) in [5.74, 6) is 4.14. The zero-order chi connectivity index (χ0) is 27.1. The molecule has 0 bridgehead atoms. The van der Waals surface area contributed by atoms with E-state index in [4.69, 9.17) is 0 Å². The highest BCUT2D eigenvalue weighted by Gasteiger charge is 2.26. The Balaban J connectivity index is 1.53. The average molecular weight is 838 g/mol. The molecular weight excluding hydrogens is 808 g/mol. The molecule has 0 amide bonds. The first-order chi connectivity index (χ1) is 18.3. The van der Waals surface area contributed by atoms with Crippen molar-refractivity contribution < 1.29 is 0 Å². The summed E-state index contributed by atoms with van der Waals surface area (Å²) >= 11 is 23.8. The van der Waals surface area contributed by atoms with E-state index in [9.17, 15) is 0 Å². The average Bonchev–Trinajstić information content (AvgIpc) is 2.90. The minimum absolute atomic E-state index is 1.04. The molecule has 8 heteroatoms. The molecule has 0 N–H and O–H groups in total. The highest BCUT2D eigenvalue weighted by molar-refractivity contribution is 9.13. The fourth-order valence-corrected chi connectivity index (χ4v) is 14.4. The van der Waals surface area contributed by atoms with Crippen molar-refractivity contribution in [3.63, 3.8) is 0 Å². The van der Waals surface area contributed by atoms with Crippen LogP contribution in [0.15, 0.2) is 49.6 Å². The van der Waals surface area contributed by atoms with Gasteiger partial charge in [0.05, 0.1) is 0 Å². The fraction of sp³-hybridized carbons (Fsp3) is 0.400. The molecule has 0 atom stereocenters. The maximum Gasteiger partial charge on any atom is 0.0364 e. The molecule has 3 aromatic carbocycles. The number of benzene rings is 3. The summed E-state index contributed by atoms with van der Waals surface area (Å²) in [5.41, 5.74) is 11.8. The van der Waals surface area contributed by atoms with Gasteiger partial charge in [-0.3, -0.25) is 0 Å². The summed E-state index contributed by atoms with van der Waals surface area (Å²) in [7, 11) is 0. The van der Waals surface area contributed by atoms with E-state index in [1.54, 1.807) is 0 Å². The van der Waals surface area contributed by atoms with Gasteiger partial charge in [0, 0.05) is 60.5 Å². The lowest BCUT2D eigenvalue weighted by molar-refractivity contribution is 0.949. The van der Waals surface area contributed by atoms with Crippen molar-refractivity contribution >= 4 is 111 Å². The lowest BCUT2D eigenvalue weighted by Gasteiger charge is -2.26. The Hall–Kier alpha value is 0.980. The minimum Gasteiger partial charge on any atom is -0.120 e. The first kappa shape index (κ1) is 30.4. The molecule has 0 unspecified atom stereocenters. The van der Waals surface area contributed by atoms with E-state index in [1.165, 1.54) is 82.0 Å². The van der Waals surface area contributed by atoms with Crippen molar-refractivity contribution in [2.24, 2.45) is 0 Å². The second-order valence-electron chi connectivity index (χ2n) is 9.45. The maximum absolute atomic E-state index is 3.92. The topological polar surface area (TPSA) is 0 Å². The quantitative estimate of drug-likeness (QED) is 0.257. The van der Waals surface area contributed by atoms with Gasteiger partial charge in [0.2, 0.25) is 0 Å². The molecule has 2 aliphatic heterocycles. The molecule has 0 radical (unpaired) electrons. The smallest absolute Gasteiger partial charge is 0.0364 e. The van der Waals surface area contributed by atoms with Crippen molar-refractivity contribution in [3.8, 4) is 0 Å². The Morgan fingerprint density at radius 3 is 0.842 bits per heavy atom. The second-order valence-corrected chi connectivity index (χ2v) is 16.6. The third kappa shape index (κ3) is 5.54. The lowest BCUT2D eigenvalue weighted by Crippen LogP contribution is -2.06. The standard InChI is InChI=1S/C30H30Br4S4/c1-5-19-23(31)24(32)20(6-2)28-27(19)35-11-15-9-17-13-37-29-21(7-3)25(33)26(34)22(8-4)30(29)38-14-18(17)10-16(15)12-36-28/h9-10H,5-8,11-14H2,1-4H3. The molecule has 0 aromatic heterocycles. The lowest BCUT2D eigenvalue weighted by atomic mass is 10.0. The largest absolute Gasteiger partial charge is 0.120 e. The van der Waals surface area contributed by atoms with E-state index in [0.717, 1.165) is 48.7 Å². The van der Waals surface area contributed by atoms with Crippen LogP contribution in [0.1, 0.15) is 72.2 Å². The van der Waals surface area contributed by atoms with Gasteiger partial charge in [-0.1, -0.05) is 39.8 Å². The SMILES string of the molecule is CCc1c(Br)c(Br)c(CC)c2c1SCc1cc3c(cc1CS2)CSc1c(CC)c(Br)c(Br)c(CC)c1SC3. The molecule has 0 fully saturated rings. The Labute approximate surface area is 278 Å². The van der Waals surface area contributed by atoms with Crippen LogP contribution in [0.2, 0.25) is 0 Å². The molecule has 0 aliphatic carbocycles. The van der Waals surface area contributed by atoms with Crippen LogP contribution in [-0.2, 0) is 48.7 Å². The zero-order valence-corrected chi connectivity index (χ0v) is 31.6. The highest BCUT2D eigenvalue weighted by Crippen LogP contribution is 2.51. The Morgan fingerprint density at radius 1 is 0.447 bits per heavy atom. The van der Waals surface area contributed by atoms with E-state index in [-0.39, 0.29) is 0 Å². The molecule has 2 aliphatic rings. The summed E-state index contributed by atoms with van der Waals surface area (Å²) in [6.45, 7) is 9.10. The second kappa shape index (κ2) is 13.1. The van der Waals surface area contributed by atoms with E-state index in [2.05, 4.69) is 104 Å². The normalized spacial score (nSPS) is 14.9. The predicted molar refractivity (Wildman–Crippen MR) is 186 cm³/mol. The van der Waals surface area contributed by atoms with Gasteiger partial charge in [0.25, 0.3) is 0 Å². The van der Waals surface area contributed by atoms with Crippen molar-refractivity contribution in [2.75, 3.05) is 0 Å². The molecule has 0 nitrogen and oxygen atoms in total. The van der Waals surface area contributed by atoms with E-state index in [1.807, 2.05) is 47.0 Å². The Kier molecular flexibility index (Phi) is 10.5. The van der Waals surface area contributed by atoms with E-state index in [0.29, 0.717) is 0 Å². The van der Waals surface area contributed by atoms with Crippen LogP contribution in [0, 0.1) is 0 Å². The number of rotatable bonds is 4. The summed E-state index contributed by atoms with van der Waals surface area (Å²) < 4.78 is 4.97. The Bertz CT molecular complexity index is 1210. The molecule has 0 spiro atoms. The third-order valence-corrected chi connectivity index (χ3v) is 17.0.